The first-order chi connectivity index (χ1) is 17.0. The number of hydrogen-bond acceptors (Lipinski definition) is 7. The summed E-state index contributed by atoms with van der Waals surface area (Å²) in [4.78, 5) is 36.6. The molecule has 0 aliphatic heterocycles. The number of nitrogens with zero attached hydrogens (tertiary/aromatic N) is 1. The van der Waals surface area contributed by atoms with E-state index in [9.17, 15) is 22.8 Å². The van der Waals surface area contributed by atoms with Gasteiger partial charge in [0, 0.05) is 18.3 Å². The van der Waals surface area contributed by atoms with Gasteiger partial charge in [-0.25, -0.2) is 13.2 Å². The van der Waals surface area contributed by atoms with Crippen molar-refractivity contribution in [2.45, 2.75) is 24.8 Å². The van der Waals surface area contributed by atoms with Crippen LogP contribution in [0.1, 0.15) is 34.6 Å². The van der Waals surface area contributed by atoms with Gasteiger partial charge in [-0.15, -0.1) is 0 Å². The van der Waals surface area contributed by atoms with Crippen LogP contribution >= 0.6 is 0 Å². The number of ketones is 1. The normalized spacial score (nSPS) is 11.8. The van der Waals surface area contributed by atoms with E-state index in [0.717, 1.165) is 4.31 Å². The van der Waals surface area contributed by atoms with Crippen molar-refractivity contribution in [3.8, 4) is 5.75 Å². The third-order valence-electron chi connectivity index (χ3n) is 5.35. The molecule has 188 valence electrons. The van der Waals surface area contributed by atoms with Crippen molar-refractivity contribution in [1.29, 1.82) is 0 Å². The molecule has 1 N–H and O–H groups in total. The summed E-state index contributed by atoms with van der Waals surface area (Å²) >= 11 is 0. The fourth-order valence-corrected chi connectivity index (χ4v) is 4.46. The minimum absolute atomic E-state index is 0.0302. The zero-order valence-electron chi connectivity index (χ0n) is 20.2. The number of amides is 1. The maximum absolute atomic E-state index is 13.1. The summed E-state index contributed by atoms with van der Waals surface area (Å²) in [6, 6.07) is 18.2. The number of anilines is 2. The van der Waals surface area contributed by atoms with Crippen molar-refractivity contribution in [2.75, 3.05) is 23.8 Å². The van der Waals surface area contributed by atoms with E-state index < -0.39 is 28.0 Å². The van der Waals surface area contributed by atoms with Gasteiger partial charge in [-0.1, -0.05) is 18.2 Å². The maximum Gasteiger partial charge on any atom is 0.338 e. The Kier molecular flexibility index (Phi) is 8.11. The topological polar surface area (TPSA) is 119 Å². The SMILES string of the molecule is COc1ccc(N(C)S(=O)(=O)c2cccc(C(=O)O[C@@H](C)C(=O)Nc3cccc(C(C)=O)c3)c2)cc1. The van der Waals surface area contributed by atoms with Crippen LogP contribution in [0.15, 0.2) is 77.7 Å². The van der Waals surface area contributed by atoms with E-state index in [4.69, 9.17) is 9.47 Å². The Labute approximate surface area is 209 Å². The molecule has 0 saturated carbocycles. The van der Waals surface area contributed by atoms with Crippen LogP contribution in [0.5, 0.6) is 5.75 Å². The summed E-state index contributed by atoms with van der Waals surface area (Å²) in [5.41, 5.74) is 1.18. The summed E-state index contributed by atoms with van der Waals surface area (Å²) < 4.78 is 37.7. The third-order valence-corrected chi connectivity index (χ3v) is 7.14. The monoisotopic (exact) mass is 510 g/mol. The van der Waals surface area contributed by atoms with Crippen molar-refractivity contribution >= 4 is 39.1 Å². The lowest BCUT2D eigenvalue weighted by Gasteiger charge is -2.20. The number of nitrogens with one attached hydrogen (secondary N) is 1. The first-order valence-corrected chi connectivity index (χ1v) is 12.3. The van der Waals surface area contributed by atoms with E-state index >= 15 is 0 Å². The molecular formula is C26H26N2O7S. The summed E-state index contributed by atoms with van der Waals surface area (Å²) in [6.45, 7) is 2.80. The largest absolute Gasteiger partial charge is 0.497 e. The smallest absolute Gasteiger partial charge is 0.338 e. The molecule has 10 heteroatoms. The van der Waals surface area contributed by atoms with Crippen LogP contribution in [0, 0.1) is 0 Å². The lowest BCUT2D eigenvalue weighted by atomic mass is 10.1. The van der Waals surface area contributed by atoms with Crippen LogP contribution in [0.3, 0.4) is 0 Å². The van der Waals surface area contributed by atoms with Gasteiger partial charge in [-0.2, -0.15) is 0 Å². The number of carbonyl (C=O) groups is 3. The Hall–Kier alpha value is -4.18. The van der Waals surface area contributed by atoms with Crippen LogP contribution in [0.25, 0.3) is 0 Å². The van der Waals surface area contributed by atoms with Crippen molar-refractivity contribution in [3.63, 3.8) is 0 Å². The summed E-state index contributed by atoms with van der Waals surface area (Å²) in [5.74, 6) is -1.04. The quantitative estimate of drug-likeness (QED) is 0.342. The number of sulfonamides is 1. The van der Waals surface area contributed by atoms with Gasteiger partial charge in [0.2, 0.25) is 0 Å². The molecular weight excluding hydrogens is 484 g/mol. The number of hydrogen-bond donors (Lipinski definition) is 1. The van der Waals surface area contributed by atoms with Crippen LogP contribution in [-0.4, -0.2) is 46.3 Å². The molecule has 0 aromatic heterocycles. The standard InChI is InChI=1S/C26H26N2O7S/c1-17(29)19-7-5-9-21(15-19)27-25(30)18(2)35-26(31)20-8-6-10-24(16-20)36(32,33)28(3)22-11-13-23(34-4)14-12-22/h5-16,18H,1-4H3,(H,27,30)/t18-/m0/s1. The predicted octanol–water partition coefficient (Wildman–Crippen LogP) is 3.91. The summed E-state index contributed by atoms with van der Waals surface area (Å²) in [7, 11) is -1.08. The number of esters is 1. The van der Waals surface area contributed by atoms with E-state index in [2.05, 4.69) is 5.32 Å². The molecule has 0 aliphatic carbocycles. The highest BCUT2D eigenvalue weighted by molar-refractivity contribution is 7.92. The molecule has 36 heavy (non-hydrogen) atoms. The summed E-state index contributed by atoms with van der Waals surface area (Å²) in [6.07, 6.45) is -1.18. The number of benzene rings is 3. The second kappa shape index (κ2) is 11.0. The van der Waals surface area contributed by atoms with Crippen LogP contribution < -0.4 is 14.4 Å². The Morgan fingerprint density at radius 3 is 2.19 bits per heavy atom. The average molecular weight is 511 g/mol. The minimum atomic E-state index is -3.99. The Morgan fingerprint density at radius 1 is 0.917 bits per heavy atom. The molecule has 9 nitrogen and oxygen atoms in total. The van der Waals surface area contributed by atoms with Gasteiger partial charge in [0.05, 0.1) is 23.3 Å². The number of Topliss-reactive ketones (excluding diaryl/α,β-unsaturated/α-hetero) is 1. The molecule has 0 heterocycles. The zero-order chi connectivity index (χ0) is 26.5. The van der Waals surface area contributed by atoms with Gasteiger partial charge < -0.3 is 14.8 Å². The van der Waals surface area contributed by atoms with Gasteiger partial charge >= 0.3 is 5.97 Å². The molecule has 0 unspecified atom stereocenters. The van der Waals surface area contributed by atoms with Crippen molar-refractivity contribution in [3.05, 3.63) is 83.9 Å². The summed E-state index contributed by atoms with van der Waals surface area (Å²) in [5, 5.41) is 2.59. The highest BCUT2D eigenvalue weighted by atomic mass is 32.2. The van der Waals surface area contributed by atoms with E-state index in [1.165, 1.54) is 58.3 Å². The van der Waals surface area contributed by atoms with Gasteiger partial charge in [0.25, 0.3) is 15.9 Å². The molecule has 0 radical (unpaired) electrons. The predicted molar refractivity (Wildman–Crippen MR) is 135 cm³/mol. The number of methoxy groups -OCH3 is 1. The first-order valence-electron chi connectivity index (χ1n) is 10.9. The van der Waals surface area contributed by atoms with E-state index in [-0.39, 0.29) is 16.2 Å². The average Bonchev–Trinajstić information content (AvgIpc) is 2.88. The van der Waals surface area contributed by atoms with Gasteiger partial charge in [-0.05, 0) is 68.4 Å². The molecule has 0 fully saturated rings. The molecule has 1 atom stereocenters. The van der Waals surface area contributed by atoms with Crippen molar-refractivity contribution in [1.82, 2.24) is 0 Å². The third kappa shape index (κ3) is 6.08. The minimum Gasteiger partial charge on any atom is -0.497 e. The van der Waals surface area contributed by atoms with E-state index in [1.54, 1.807) is 42.5 Å². The second-order valence-corrected chi connectivity index (χ2v) is 9.84. The van der Waals surface area contributed by atoms with Crippen molar-refractivity contribution in [2.24, 2.45) is 0 Å². The van der Waals surface area contributed by atoms with Gasteiger partial charge in [0.1, 0.15) is 5.75 Å². The number of ether oxygens (including phenoxy) is 2. The van der Waals surface area contributed by atoms with E-state index in [1.807, 2.05) is 0 Å². The molecule has 0 aliphatic rings. The lowest BCUT2D eigenvalue weighted by molar-refractivity contribution is -0.123. The first kappa shape index (κ1) is 26.4. The van der Waals surface area contributed by atoms with E-state index in [0.29, 0.717) is 22.7 Å². The van der Waals surface area contributed by atoms with Crippen LogP contribution in [0.4, 0.5) is 11.4 Å². The molecule has 0 spiro atoms. The molecule has 1 amide bonds. The highest BCUT2D eigenvalue weighted by Gasteiger charge is 2.24. The second-order valence-electron chi connectivity index (χ2n) is 7.87. The maximum atomic E-state index is 13.1. The van der Waals surface area contributed by atoms with Crippen LogP contribution in [0.2, 0.25) is 0 Å². The molecule has 3 rings (SSSR count). The molecule has 3 aromatic rings. The number of rotatable bonds is 9. The molecule has 0 saturated heterocycles. The highest BCUT2D eigenvalue weighted by Crippen LogP contribution is 2.25. The van der Waals surface area contributed by atoms with Crippen molar-refractivity contribution < 1.29 is 32.3 Å². The zero-order valence-corrected chi connectivity index (χ0v) is 21.0. The van der Waals surface area contributed by atoms with Gasteiger partial charge in [-0.3, -0.25) is 13.9 Å². The fraction of sp³-hybridized carbons (Fsp3) is 0.192. The Balaban J connectivity index is 1.72. The lowest BCUT2D eigenvalue weighted by Crippen LogP contribution is -2.30. The van der Waals surface area contributed by atoms with Gasteiger partial charge in [0.15, 0.2) is 11.9 Å². The molecule has 3 aromatic carbocycles. The Morgan fingerprint density at radius 2 is 1.56 bits per heavy atom. The van der Waals surface area contributed by atoms with Crippen LogP contribution in [-0.2, 0) is 19.6 Å². The Bertz CT molecular complexity index is 1390. The molecule has 0 bridgehead atoms. The number of carbonyl (C=O) groups excluding carboxylic acids is 3. The fourth-order valence-electron chi connectivity index (χ4n) is 3.21.